The van der Waals surface area contributed by atoms with Gasteiger partial charge in [-0.25, -0.2) is 0 Å². The normalized spacial score (nSPS) is 16.2. The van der Waals surface area contributed by atoms with Crippen molar-refractivity contribution in [2.75, 3.05) is 17.7 Å². The highest BCUT2D eigenvalue weighted by atomic mass is 32.1. The number of nitrogens with one attached hydrogen (secondary N) is 3. The molecule has 3 N–H and O–H groups in total. The van der Waals surface area contributed by atoms with Crippen molar-refractivity contribution in [1.29, 1.82) is 0 Å². The van der Waals surface area contributed by atoms with E-state index in [0.717, 1.165) is 29.1 Å². The molecule has 0 saturated carbocycles. The summed E-state index contributed by atoms with van der Waals surface area (Å²) in [6.45, 7) is 2.20. The number of para-hydroxylation sites is 1. The largest absolute Gasteiger partial charge is 0.355 e. The first kappa shape index (κ1) is 16.9. The number of hydrogen-bond acceptors (Lipinski definition) is 3. The van der Waals surface area contributed by atoms with Crippen LogP contribution >= 0.6 is 23.6 Å². The summed E-state index contributed by atoms with van der Waals surface area (Å²) in [6.07, 6.45) is 3.34. The summed E-state index contributed by atoms with van der Waals surface area (Å²) >= 11 is 7.07. The molecule has 0 bridgehead atoms. The molecular formula is C18H21N3OS2. The zero-order valence-electron chi connectivity index (χ0n) is 13.8. The maximum absolute atomic E-state index is 12.4. The molecule has 1 heterocycles. The Labute approximate surface area is 151 Å². The van der Waals surface area contributed by atoms with Crippen molar-refractivity contribution in [2.24, 2.45) is 0 Å². The van der Waals surface area contributed by atoms with Gasteiger partial charge in [0.05, 0.1) is 5.56 Å². The molecule has 6 heteroatoms. The van der Waals surface area contributed by atoms with E-state index in [1.54, 1.807) is 18.4 Å². The number of anilines is 2. The third kappa shape index (κ3) is 3.44. The van der Waals surface area contributed by atoms with Crippen LogP contribution in [0.1, 0.15) is 46.5 Å². The van der Waals surface area contributed by atoms with Crippen molar-refractivity contribution in [3.05, 3.63) is 46.3 Å². The molecule has 1 amide bonds. The first-order chi connectivity index (χ1) is 11.6. The minimum absolute atomic E-state index is 0.0498. The van der Waals surface area contributed by atoms with E-state index >= 15 is 0 Å². The molecule has 4 nitrogen and oxygen atoms in total. The fourth-order valence-electron chi connectivity index (χ4n) is 3.14. The van der Waals surface area contributed by atoms with Gasteiger partial charge in [-0.1, -0.05) is 25.1 Å². The number of hydrogen-bond donors (Lipinski definition) is 3. The van der Waals surface area contributed by atoms with Crippen LogP contribution in [0.3, 0.4) is 0 Å². The Hall–Kier alpha value is -1.92. The van der Waals surface area contributed by atoms with Crippen molar-refractivity contribution >= 4 is 45.3 Å². The SMILES string of the molecule is CNC(=O)c1c(NC(=S)Nc2ccccc2)sc2c1C(C)CCC2. The van der Waals surface area contributed by atoms with E-state index in [2.05, 4.69) is 22.9 Å². The molecule has 24 heavy (non-hydrogen) atoms. The number of thiocarbonyl (C=S) groups is 1. The van der Waals surface area contributed by atoms with Crippen LogP contribution in [-0.2, 0) is 6.42 Å². The highest BCUT2D eigenvalue weighted by Gasteiger charge is 2.29. The van der Waals surface area contributed by atoms with Crippen molar-refractivity contribution in [1.82, 2.24) is 5.32 Å². The molecule has 0 radical (unpaired) electrons. The molecule has 1 aliphatic carbocycles. The van der Waals surface area contributed by atoms with Crippen LogP contribution in [0.4, 0.5) is 10.7 Å². The summed E-state index contributed by atoms with van der Waals surface area (Å²) in [4.78, 5) is 13.7. The first-order valence-corrected chi connectivity index (χ1v) is 9.33. The average molecular weight is 360 g/mol. The van der Waals surface area contributed by atoms with Gasteiger partial charge in [0.2, 0.25) is 0 Å². The maximum atomic E-state index is 12.4. The lowest BCUT2D eigenvalue weighted by Gasteiger charge is -2.20. The van der Waals surface area contributed by atoms with E-state index in [4.69, 9.17) is 12.2 Å². The molecule has 0 saturated heterocycles. The number of carbonyl (C=O) groups excluding carboxylic acids is 1. The van der Waals surface area contributed by atoms with E-state index < -0.39 is 0 Å². The van der Waals surface area contributed by atoms with Crippen LogP contribution in [-0.4, -0.2) is 18.1 Å². The van der Waals surface area contributed by atoms with Crippen LogP contribution in [0.25, 0.3) is 0 Å². The minimum atomic E-state index is -0.0498. The van der Waals surface area contributed by atoms with Crippen molar-refractivity contribution in [2.45, 2.75) is 32.1 Å². The summed E-state index contributed by atoms with van der Waals surface area (Å²) in [5.41, 5.74) is 2.86. The van der Waals surface area contributed by atoms with Gasteiger partial charge < -0.3 is 16.0 Å². The lowest BCUT2D eigenvalue weighted by atomic mass is 9.86. The summed E-state index contributed by atoms with van der Waals surface area (Å²) in [5.74, 6) is 0.356. The summed E-state index contributed by atoms with van der Waals surface area (Å²) < 4.78 is 0. The van der Waals surface area contributed by atoms with Gasteiger partial charge in [-0.05, 0) is 55.1 Å². The predicted octanol–water partition coefficient (Wildman–Crippen LogP) is 4.36. The predicted molar refractivity (Wildman–Crippen MR) is 105 cm³/mol. The summed E-state index contributed by atoms with van der Waals surface area (Å²) in [6, 6.07) is 9.77. The third-order valence-corrected chi connectivity index (χ3v) is 5.65. The molecule has 1 unspecified atom stereocenters. The molecule has 2 aromatic rings. The number of thiophene rings is 1. The Morgan fingerprint density at radius 1 is 1.25 bits per heavy atom. The van der Waals surface area contributed by atoms with Crippen LogP contribution < -0.4 is 16.0 Å². The number of amides is 1. The average Bonchev–Trinajstić information content (AvgIpc) is 2.94. The van der Waals surface area contributed by atoms with Gasteiger partial charge in [0.25, 0.3) is 5.91 Å². The fourth-order valence-corrected chi connectivity index (χ4v) is 4.78. The second kappa shape index (κ2) is 7.32. The van der Waals surface area contributed by atoms with E-state index in [1.165, 1.54) is 16.9 Å². The van der Waals surface area contributed by atoms with Gasteiger partial charge in [-0.15, -0.1) is 11.3 Å². The van der Waals surface area contributed by atoms with Crippen LogP contribution in [0.5, 0.6) is 0 Å². The van der Waals surface area contributed by atoms with Crippen LogP contribution in [0, 0.1) is 0 Å². The highest BCUT2D eigenvalue weighted by Crippen LogP contribution is 2.43. The Morgan fingerprint density at radius 2 is 2.00 bits per heavy atom. The van der Waals surface area contributed by atoms with E-state index in [0.29, 0.717) is 11.0 Å². The monoisotopic (exact) mass is 359 g/mol. The van der Waals surface area contributed by atoms with Gasteiger partial charge in [0, 0.05) is 17.6 Å². The topological polar surface area (TPSA) is 53.2 Å². The molecule has 1 aromatic carbocycles. The van der Waals surface area contributed by atoms with Crippen molar-refractivity contribution in [3.8, 4) is 0 Å². The molecule has 0 aliphatic heterocycles. The van der Waals surface area contributed by atoms with Crippen molar-refractivity contribution < 1.29 is 4.79 Å². The lowest BCUT2D eigenvalue weighted by molar-refractivity contribution is 0.0962. The standard InChI is InChI=1S/C18H21N3OS2/c1-11-7-6-10-13-14(11)15(16(22)19-2)17(24-13)21-18(23)20-12-8-4-3-5-9-12/h3-5,8-9,11H,6-7,10H2,1-2H3,(H,19,22)(H2,20,21,23). The van der Waals surface area contributed by atoms with E-state index in [1.807, 2.05) is 30.3 Å². The van der Waals surface area contributed by atoms with E-state index in [9.17, 15) is 4.79 Å². The second-order valence-electron chi connectivity index (χ2n) is 5.96. The van der Waals surface area contributed by atoms with Gasteiger partial charge >= 0.3 is 0 Å². The molecular weight excluding hydrogens is 338 g/mol. The molecule has 1 atom stereocenters. The quantitative estimate of drug-likeness (QED) is 0.713. The fraction of sp³-hybridized carbons (Fsp3) is 0.333. The van der Waals surface area contributed by atoms with Crippen molar-refractivity contribution in [3.63, 3.8) is 0 Å². The van der Waals surface area contributed by atoms with Gasteiger partial charge in [-0.3, -0.25) is 4.79 Å². The Balaban J connectivity index is 1.87. The summed E-state index contributed by atoms with van der Waals surface area (Å²) in [7, 11) is 1.67. The number of benzene rings is 1. The maximum Gasteiger partial charge on any atom is 0.254 e. The molecule has 1 aromatic heterocycles. The molecule has 0 fully saturated rings. The lowest BCUT2D eigenvalue weighted by Crippen LogP contribution is -2.24. The number of rotatable bonds is 3. The Morgan fingerprint density at radius 3 is 2.71 bits per heavy atom. The second-order valence-corrected chi connectivity index (χ2v) is 7.47. The van der Waals surface area contributed by atoms with Crippen LogP contribution in [0.15, 0.2) is 30.3 Å². The van der Waals surface area contributed by atoms with Gasteiger partial charge in [0.15, 0.2) is 5.11 Å². The molecule has 0 spiro atoms. The zero-order chi connectivity index (χ0) is 17.1. The number of aryl methyl sites for hydroxylation is 1. The van der Waals surface area contributed by atoms with Gasteiger partial charge in [-0.2, -0.15) is 0 Å². The smallest absolute Gasteiger partial charge is 0.254 e. The number of carbonyl (C=O) groups is 1. The molecule has 126 valence electrons. The first-order valence-electron chi connectivity index (χ1n) is 8.11. The van der Waals surface area contributed by atoms with E-state index in [-0.39, 0.29) is 5.91 Å². The number of fused-ring (bicyclic) bond motifs is 1. The Kier molecular flexibility index (Phi) is 5.16. The third-order valence-electron chi connectivity index (χ3n) is 4.27. The van der Waals surface area contributed by atoms with Crippen LogP contribution in [0.2, 0.25) is 0 Å². The Bertz CT molecular complexity index is 755. The van der Waals surface area contributed by atoms with Gasteiger partial charge in [0.1, 0.15) is 5.00 Å². The molecule has 1 aliphatic rings. The zero-order valence-corrected chi connectivity index (χ0v) is 15.4. The highest BCUT2D eigenvalue weighted by molar-refractivity contribution is 7.80. The molecule has 3 rings (SSSR count). The minimum Gasteiger partial charge on any atom is -0.355 e. The summed E-state index contributed by atoms with van der Waals surface area (Å²) in [5, 5.41) is 10.5.